The lowest BCUT2D eigenvalue weighted by Crippen LogP contribution is -2.54. The van der Waals surface area contributed by atoms with Crippen molar-refractivity contribution in [2.24, 2.45) is 5.92 Å². The minimum Gasteiger partial charge on any atom is -0.341 e. The predicted molar refractivity (Wildman–Crippen MR) is 146 cm³/mol. The lowest BCUT2D eigenvalue weighted by molar-refractivity contribution is -0.134. The molecule has 0 aliphatic carbocycles. The molecule has 0 spiro atoms. The van der Waals surface area contributed by atoms with Gasteiger partial charge in [0.25, 0.3) is 5.91 Å². The summed E-state index contributed by atoms with van der Waals surface area (Å²) in [5.74, 6) is -0.278. The molecule has 1 aliphatic heterocycles. The van der Waals surface area contributed by atoms with Gasteiger partial charge in [-0.3, -0.25) is 9.59 Å². The molecule has 8 nitrogen and oxygen atoms in total. The van der Waals surface area contributed by atoms with Crippen molar-refractivity contribution in [1.82, 2.24) is 14.9 Å². The summed E-state index contributed by atoms with van der Waals surface area (Å²) in [6.45, 7) is 6.63. The van der Waals surface area contributed by atoms with E-state index in [4.69, 9.17) is 0 Å². The van der Waals surface area contributed by atoms with Crippen molar-refractivity contribution in [3.8, 4) is 0 Å². The summed E-state index contributed by atoms with van der Waals surface area (Å²) in [7, 11) is -2.11. The molecule has 1 saturated heterocycles. The Balaban J connectivity index is 1.56. The van der Waals surface area contributed by atoms with Gasteiger partial charge in [0, 0.05) is 41.2 Å². The topological polar surface area (TPSA) is 108 Å². The van der Waals surface area contributed by atoms with E-state index in [0.717, 1.165) is 5.56 Å². The summed E-state index contributed by atoms with van der Waals surface area (Å²) in [4.78, 5) is 27.4. The Labute approximate surface area is 218 Å². The summed E-state index contributed by atoms with van der Waals surface area (Å²) >= 11 is 0. The van der Waals surface area contributed by atoms with Crippen LogP contribution in [0.1, 0.15) is 36.2 Å². The number of anilines is 1. The molecule has 9 heteroatoms. The van der Waals surface area contributed by atoms with Gasteiger partial charge in [0.05, 0.1) is 10.9 Å². The largest absolute Gasteiger partial charge is 0.341 e. The van der Waals surface area contributed by atoms with Gasteiger partial charge in [0.2, 0.25) is 15.9 Å². The minimum absolute atomic E-state index is 0.0185. The van der Waals surface area contributed by atoms with Crippen LogP contribution in [0.3, 0.4) is 0 Å². The second kappa shape index (κ2) is 11.0. The van der Waals surface area contributed by atoms with Gasteiger partial charge in [0.1, 0.15) is 0 Å². The second-order valence-electron chi connectivity index (χ2n) is 9.71. The highest BCUT2D eigenvalue weighted by atomic mass is 32.2. The first kappa shape index (κ1) is 26.8. The fourth-order valence-corrected chi connectivity index (χ4v) is 6.40. The van der Waals surface area contributed by atoms with Crippen molar-refractivity contribution in [3.63, 3.8) is 0 Å². The van der Waals surface area contributed by atoms with E-state index in [1.165, 1.54) is 6.07 Å². The number of carbonyl (C=O) groups is 2. The molecule has 3 N–H and O–H groups in total. The van der Waals surface area contributed by atoms with Crippen LogP contribution < -0.4 is 15.4 Å². The number of carbonyl (C=O) groups excluding carboxylic acids is 2. The van der Waals surface area contributed by atoms with Crippen LogP contribution in [0.5, 0.6) is 0 Å². The number of hydrogen-bond donors (Lipinski definition) is 3. The maximum absolute atomic E-state index is 13.5. The molecule has 37 heavy (non-hydrogen) atoms. The van der Waals surface area contributed by atoms with E-state index >= 15 is 0 Å². The maximum atomic E-state index is 13.5. The molecule has 0 unspecified atom stereocenters. The average molecular weight is 523 g/mol. The zero-order valence-corrected chi connectivity index (χ0v) is 22.4. The number of hydrogen-bond acceptors (Lipinski definition) is 5. The molecule has 0 radical (unpaired) electrons. The van der Waals surface area contributed by atoms with Gasteiger partial charge in [-0.25, -0.2) is 13.1 Å². The highest BCUT2D eigenvalue weighted by Gasteiger charge is 2.33. The summed E-state index contributed by atoms with van der Waals surface area (Å²) in [6, 6.07) is 17.1. The van der Waals surface area contributed by atoms with Crippen LogP contribution in [-0.2, 0) is 14.8 Å². The first-order chi connectivity index (χ1) is 17.6. The number of sulfonamides is 1. The Morgan fingerprint density at radius 3 is 2.35 bits per heavy atom. The molecule has 2 amide bonds. The third-order valence-corrected chi connectivity index (χ3v) is 8.69. The highest BCUT2D eigenvalue weighted by Crippen LogP contribution is 2.31. The number of rotatable bonds is 7. The molecule has 0 aromatic heterocycles. The van der Waals surface area contributed by atoms with Crippen LogP contribution in [0.15, 0.2) is 65.6 Å². The third kappa shape index (κ3) is 5.69. The van der Waals surface area contributed by atoms with E-state index in [1.54, 1.807) is 42.3 Å². The van der Waals surface area contributed by atoms with Gasteiger partial charge < -0.3 is 15.5 Å². The van der Waals surface area contributed by atoms with Crippen molar-refractivity contribution >= 4 is 38.3 Å². The van der Waals surface area contributed by atoms with Crippen molar-refractivity contribution in [2.75, 3.05) is 25.5 Å². The van der Waals surface area contributed by atoms with Crippen LogP contribution in [0.25, 0.3) is 10.8 Å². The molecule has 3 aromatic carbocycles. The van der Waals surface area contributed by atoms with Crippen LogP contribution in [0, 0.1) is 12.8 Å². The SMILES string of the molecule is CN[C@@H](C)C(=O)N1CC[C@@H](NS(=O)(=O)c2ccc(NC(=O)c3ccccc3C)c3ccccc23)[C@H](C)C1. The predicted octanol–water partition coefficient (Wildman–Crippen LogP) is 3.52. The zero-order valence-electron chi connectivity index (χ0n) is 21.6. The fraction of sp³-hybridized carbons (Fsp3) is 0.357. The first-order valence-electron chi connectivity index (χ1n) is 12.5. The minimum atomic E-state index is -3.86. The van der Waals surface area contributed by atoms with E-state index in [1.807, 2.05) is 45.0 Å². The lowest BCUT2D eigenvalue weighted by Gasteiger charge is -2.38. The number of likely N-dealkylation sites (tertiary alicyclic amines) is 1. The number of nitrogens with one attached hydrogen (secondary N) is 3. The van der Waals surface area contributed by atoms with Gasteiger partial charge in [-0.2, -0.15) is 0 Å². The van der Waals surface area contributed by atoms with Crippen LogP contribution in [0.4, 0.5) is 5.69 Å². The first-order valence-corrected chi connectivity index (χ1v) is 14.0. The third-order valence-electron chi connectivity index (χ3n) is 7.14. The van der Waals surface area contributed by atoms with Gasteiger partial charge in [-0.05, 0) is 57.0 Å². The number of nitrogens with zero attached hydrogens (tertiary/aromatic N) is 1. The van der Waals surface area contributed by atoms with Gasteiger partial charge in [-0.1, -0.05) is 49.4 Å². The van der Waals surface area contributed by atoms with E-state index in [0.29, 0.717) is 41.5 Å². The molecular weight excluding hydrogens is 488 g/mol. The summed E-state index contributed by atoms with van der Waals surface area (Å²) in [6.07, 6.45) is 0.533. The Morgan fingerprint density at radius 1 is 1.00 bits per heavy atom. The van der Waals surface area contributed by atoms with E-state index in [2.05, 4.69) is 15.4 Å². The molecule has 3 atom stereocenters. The van der Waals surface area contributed by atoms with Crippen molar-refractivity contribution in [1.29, 1.82) is 0 Å². The molecule has 196 valence electrons. The Kier molecular flexibility index (Phi) is 7.96. The number of likely N-dealkylation sites (N-methyl/N-ethyl adjacent to an activating group) is 1. The van der Waals surface area contributed by atoms with Crippen molar-refractivity contribution < 1.29 is 18.0 Å². The maximum Gasteiger partial charge on any atom is 0.255 e. The zero-order chi connectivity index (χ0) is 26.7. The Bertz CT molecular complexity index is 1420. The number of benzene rings is 3. The van der Waals surface area contributed by atoms with Crippen LogP contribution in [-0.4, -0.2) is 57.4 Å². The fourth-order valence-electron chi connectivity index (χ4n) is 4.81. The summed E-state index contributed by atoms with van der Waals surface area (Å²) in [5.41, 5.74) is 1.96. The van der Waals surface area contributed by atoms with Gasteiger partial charge >= 0.3 is 0 Å². The smallest absolute Gasteiger partial charge is 0.255 e. The number of piperidine rings is 1. The molecule has 0 saturated carbocycles. The second-order valence-corrected chi connectivity index (χ2v) is 11.4. The van der Waals surface area contributed by atoms with E-state index < -0.39 is 10.0 Å². The molecule has 1 heterocycles. The molecular formula is C28H34N4O4S. The molecule has 1 fully saturated rings. The molecule has 1 aliphatic rings. The van der Waals surface area contributed by atoms with Gasteiger partial charge in [-0.15, -0.1) is 0 Å². The summed E-state index contributed by atoms with van der Waals surface area (Å²) in [5, 5.41) is 7.07. The Hall–Kier alpha value is -3.27. The van der Waals surface area contributed by atoms with Crippen molar-refractivity contribution in [3.05, 3.63) is 71.8 Å². The normalized spacial score (nSPS) is 19.0. The quantitative estimate of drug-likeness (QED) is 0.440. The summed E-state index contributed by atoms with van der Waals surface area (Å²) < 4.78 is 30.0. The number of aryl methyl sites for hydroxylation is 1. The van der Waals surface area contributed by atoms with Gasteiger partial charge in [0.15, 0.2) is 0 Å². The molecule has 0 bridgehead atoms. The lowest BCUT2D eigenvalue weighted by atomic mass is 9.94. The Morgan fingerprint density at radius 2 is 1.68 bits per heavy atom. The van der Waals surface area contributed by atoms with Crippen LogP contribution >= 0.6 is 0 Å². The molecule has 3 aromatic rings. The van der Waals surface area contributed by atoms with Crippen molar-refractivity contribution in [2.45, 2.75) is 44.2 Å². The highest BCUT2D eigenvalue weighted by molar-refractivity contribution is 7.89. The average Bonchev–Trinajstić information content (AvgIpc) is 2.89. The van der Waals surface area contributed by atoms with Crippen LogP contribution in [0.2, 0.25) is 0 Å². The molecule has 4 rings (SSSR count). The van der Waals surface area contributed by atoms with E-state index in [-0.39, 0.29) is 34.7 Å². The van der Waals surface area contributed by atoms with E-state index in [9.17, 15) is 18.0 Å². The standard InChI is InChI=1S/C28H34N4O4S/c1-18-9-5-6-10-21(18)27(33)30-25-13-14-26(23-12-8-7-11-22(23)25)37(35,36)31-24-15-16-32(17-19(24)2)28(34)20(3)29-4/h5-14,19-20,24,29,31H,15-17H2,1-4H3,(H,30,33)/t19-,20+,24-/m1/s1. The number of amides is 2. The number of fused-ring (bicyclic) bond motifs is 1. The monoisotopic (exact) mass is 522 g/mol.